The van der Waals surface area contributed by atoms with Crippen LogP contribution in [-0.4, -0.2) is 11.3 Å². The summed E-state index contributed by atoms with van der Waals surface area (Å²) in [6.07, 6.45) is 1.66. The Morgan fingerprint density at radius 1 is 1.07 bits per heavy atom. The van der Waals surface area contributed by atoms with Crippen molar-refractivity contribution in [2.45, 2.75) is 10.6 Å². The fraction of sp³-hybridized carbons (Fsp3) is 0.0476. The summed E-state index contributed by atoms with van der Waals surface area (Å²) in [4.78, 5) is 5.62. The zero-order valence-electron chi connectivity index (χ0n) is 14.1. The molecule has 0 saturated carbocycles. The number of benzene rings is 3. The van der Waals surface area contributed by atoms with Gasteiger partial charge in [-0.3, -0.25) is 4.99 Å². The second-order valence-corrected chi connectivity index (χ2v) is 8.44. The first kappa shape index (κ1) is 19.7. The highest BCUT2D eigenvalue weighted by atomic mass is 79.9. The molecule has 0 aromatic heterocycles. The molecule has 0 fully saturated rings. The molecule has 3 rings (SSSR count). The van der Waals surface area contributed by atoms with Gasteiger partial charge >= 0.3 is 0 Å². The van der Waals surface area contributed by atoms with Crippen molar-refractivity contribution in [3.63, 3.8) is 0 Å². The number of nitriles is 1. The Labute approximate surface area is 179 Å². The lowest BCUT2D eigenvalue weighted by atomic mass is 10.2. The number of rotatable bonds is 5. The maximum absolute atomic E-state index is 10.2. The van der Waals surface area contributed by atoms with E-state index in [1.165, 1.54) is 0 Å². The average Bonchev–Trinajstić information content (AvgIpc) is 2.69. The smallest absolute Gasteiger partial charge is 0.138 e. The number of para-hydroxylation sites is 1. The van der Waals surface area contributed by atoms with Gasteiger partial charge in [0.1, 0.15) is 5.75 Å². The second-order valence-electron chi connectivity index (χ2n) is 5.65. The highest BCUT2D eigenvalue weighted by molar-refractivity contribution is 9.11. The van der Waals surface area contributed by atoms with Crippen molar-refractivity contribution >= 4 is 55.5 Å². The molecule has 0 bridgehead atoms. The molecule has 0 aliphatic rings. The zero-order valence-corrected chi connectivity index (χ0v) is 18.1. The lowest BCUT2D eigenvalue weighted by Crippen LogP contribution is -1.85. The fourth-order valence-corrected chi connectivity index (χ4v) is 4.56. The first-order valence-corrected chi connectivity index (χ1v) is 10.6. The third-order valence-corrected chi connectivity index (χ3v) is 5.94. The van der Waals surface area contributed by atoms with E-state index in [4.69, 9.17) is 5.26 Å². The van der Waals surface area contributed by atoms with Crippen LogP contribution in [0.4, 0.5) is 5.69 Å². The molecule has 0 aliphatic carbocycles. The van der Waals surface area contributed by atoms with Crippen molar-refractivity contribution < 1.29 is 5.11 Å². The molecule has 6 heteroatoms. The molecule has 0 radical (unpaired) electrons. The Bertz CT molecular complexity index is 1030. The maximum Gasteiger partial charge on any atom is 0.138 e. The summed E-state index contributed by atoms with van der Waals surface area (Å²) in [6.45, 7) is 0. The minimum absolute atomic E-state index is 0.157. The first-order chi connectivity index (χ1) is 13.1. The van der Waals surface area contributed by atoms with Crippen LogP contribution in [0.3, 0.4) is 0 Å². The third-order valence-electron chi connectivity index (χ3n) is 3.74. The molecule has 3 aromatic rings. The number of phenols is 1. The number of halogens is 2. The summed E-state index contributed by atoms with van der Waals surface area (Å²) in [5, 5.41) is 19.1. The average molecular weight is 502 g/mol. The van der Waals surface area contributed by atoms with Crippen molar-refractivity contribution in [3.8, 4) is 11.8 Å². The molecule has 0 amide bonds. The molecule has 3 nitrogen and oxygen atoms in total. The van der Waals surface area contributed by atoms with Gasteiger partial charge in [-0.15, -0.1) is 11.8 Å². The SMILES string of the molecule is N#Cc1ccc(CSc2ccccc2N=Cc2cc(Br)cc(Br)c2O)cc1. The van der Waals surface area contributed by atoms with Crippen LogP contribution < -0.4 is 0 Å². The van der Waals surface area contributed by atoms with Crippen LogP contribution in [0.2, 0.25) is 0 Å². The Morgan fingerprint density at radius 3 is 2.56 bits per heavy atom. The monoisotopic (exact) mass is 500 g/mol. The van der Waals surface area contributed by atoms with Gasteiger partial charge in [0.15, 0.2) is 0 Å². The number of hydrogen-bond acceptors (Lipinski definition) is 4. The molecule has 0 spiro atoms. The van der Waals surface area contributed by atoms with Gasteiger partial charge in [-0.1, -0.05) is 40.2 Å². The predicted octanol–water partition coefficient (Wildman–Crippen LogP) is 6.83. The van der Waals surface area contributed by atoms with Crippen LogP contribution in [0.5, 0.6) is 5.75 Å². The lowest BCUT2D eigenvalue weighted by molar-refractivity contribution is 0.471. The summed E-state index contributed by atoms with van der Waals surface area (Å²) < 4.78 is 1.47. The molecular formula is C21H14Br2N2OS. The lowest BCUT2D eigenvalue weighted by Gasteiger charge is -2.06. The van der Waals surface area contributed by atoms with E-state index in [2.05, 4.69) is 42.9 Å². The summed E-state index contributed by atoms with van der Waals surface area (Å²) in [5.41, 5.74) is 3.27. The number of thioether (sulfide) groups is 1. The normalized spacial score (nSPS) is 10.9. The predicted molar refractivity (Wildman–Crippen MR) is 118 cm³/mol. The third kappa shape index (κ3) is 5.23. The van der Waals surface area contributed by atoms with Gasteiger partial charge in [-0.05, 0) is 57.9 Å². The van der Waals surface area contributed by atoms with Gasteiger partial charge in [0.25, 0.3) is 0 Å². The van der Waals surface area contributed by atoms with E-state index in [1.54, 1.807) is 24.0 Å². The molecule has 0 unspecified atom stereocenters. The van der Waals surface area contributed by atoms with E-state index < -0.39 is 0 Å². The van der Waals surface area contributed by atoms with Crippen LogP contribution in [0, 0.1) is 11.3 Å². The molecule has 134 valence electrons. The Hall–Kier alpha value is -2.07. The van der Waals surface area contributed by atoms with Gasteiger partial charge in [0.05, 0.1) is 21.8 Å². The summed E-state index contributed by atoms with van der Waals surface area (Å²) in [5.74, 6) is 0.941. The van der Waals surface area contributed by atoms with Crippen molar-refractivity contribution in [1.82, 2.24) is 0 Å². The zero-order chi connectivity index (χ0) is 19.2. The van der Waals surface area contributed by atoms with Crippen LogP contribution in [0.25, 0.3) is 0 Å². The highest BCUT2D eigenvalue weighted by Crippen LogP contribution is 2.34. The summed E-state index contributed by atoms with van der Waals surface area (Å²) in [6, 6.07) is 21.2. The van der Waals surface area contributed by atoms with Gasteiger partial charge < -0.3 is 5.11 Å². The molecule has 1 N–H and O–H groups in total. The quantitative estimate of drug-likeness (QED) is 0.308. The van der Waals surface area contributed by atoms with Crippen LogP contribution >= 0.6 is 43.6 Å². The number of aliphatic imine (C=N–C) groups is 1. The standard InChI is InChI=1S/C21H14Br2N2OS/c22-17-9-16(21(26)18(23)10-17)12-25-19-3-1-2-4-20(19)27-13-15-7-5-14(11-24)6-8-15/h1-10,12,26H,13H2. The number of hydrogen-bond donors (Lipinski definition) is 1. The minimum atomic E-state index is 0.157. The number of nitrogens with zero attached hydrogens (tertiary/aromatic N) is 2. The summed E-state index contributed by atoms with van der Waals surface area (Å²) in [7, 11) is 0. The molecule has 0 aliphatic heterocycles. The molecular weight excluding hydrogens is 488 g/mol. The van der Waals surface area contributed by atoms with E-state index in [1.807, 2.05) is 54.6 Å². The van der Waals surface area contributed by atoms with Crippen molar-refractivity contribution in [2.75, 3.05) is 0 Å². The van der Waals surface area contributed by atoms with E-state index in [0.29, 0.717) is 15.6 Å². The van der Waals surface area contributed by atoms with Crippen molar-refractivity contribution in [1.29, 1.82) is 5.26 Å². The first-order valence-electron chi connectivity index (χ1n) is 8.00. The Morgan fingerprint density at radius 2 is 1.81 bits per heavy atom. The van der Waals surface area contributed by atoms with Gasteiger partial charge in [-0.2, -0.15) is 5.26 Å². The Kier molecular flexibility index (Phi) is 6.73. The fourth-order valence-electron chi connectivity index (χ4n) is 2.35. The molecule has 27 heavy (non-hydrogen) atoms. The largest absolute Gasteiger partial charge is 0.506 e. The van der Waals surface area contributed by atoms with E-state index in [0.717, 1.165) is 26.4 Å². The molecule has 0 atom stereocenters. The summed E-state index contributed by atoms with van der Waals surface area (Å²) >= 11 is 8.44. The van der Waals surface area contributed by atoms with E-state index in [9.17, 15) is 5.11 Å². The van der Waals surface area contributed by atoms with Gasteiger partial charge in [0, 0.05) is 26.9 Å². The molecule has 0 heterocycles. The minimum Gasteiger partial charge on any atom is -0.506 e. The number of phenolic OH excluding ortho intramolecular Hbond substituents is 1. The van der Waals surface area contributed by atoms with Crippen molar-refractivity contribution in [3.05, 3.63) is 86.3 Å². The van der Waals surface area contributed by atoms with Crippen LogP contribution in [-0.2, 0) is 5.75 Å². The Balaban J connectivity index is 1.79. The highest BCUT2D eigenvalue weighted by Gasteiger charge is 2.07. The molecule has 3 aromatic carbocycles. The van der Waals surface area contributed by atoms with Crippen LogP contribution in [0.1, 0.15) is 16.7 Å². The van der Waals surface area contributed by atoms with Crippen molar-refractivity contribution in [2.24, 2.45) is 4.99 Å². The number of aromatic hydroxyl groups is 1. The maximum atomic E-state index is 10.2. The van der Waals surface area contributed by atoms with Gasteiger partial charge in [0.2, 0.25) is 0 Å². The molecule has 0 saturated heterocycles. The van der Waals surface area contributed by atoms with E-state index in [-0.39, 0.29) is 5.75 Å². The second kappa shape index (κ2) is 9.23. The van der Waals surface area contributed by atoms with E-state index >= 15 is 0 Å². The van der Waals surface area contributed by atoms with Gasteiger partial charge in [-0.25, -0.2) is 0 Å². The van der Waals surface area contributed by atoms with Crippen LogP contribution in [0.15, 0.2) is 79.5 Å². The topological polar surface area (TPSA) is 56.4 Å².